The average Bonchev–Trinajstić information content (AvgIpc) is 2.67. The summed E-state index contributed by atoms with van der Waals surface area (Å²) in [5.74, 6) is -0.0239. The van der Waals surface area contributed by atoms with Crippen LogP contribution in [0.15, 0.2) is 64.4 Å². The number of benzene rings is 2. The van der Waals surface area contributed by atoms with E-state index in [2.05, 4.69) is 5.32 Å². The highest BCUT2D eigenvalue weighted by molar-refractivity contribution is 6.30. The first-order chi connectivity index (χ1) is 13.4. The van der Waals surface area contributed by atoms with Gasteiger partial charge in [0.05, 0.1) is 12.8 Å². The van der Waals surface area contributed by atoms with E-state index in [1.807, 2.05) is 19.1 Å². The lowest BCUT2D eigenvalue weighted by Gasteiger charge is -2.12. The highest BCUT2D eigenvalue weighted by Gasteiger charge is 2.13. The van der Waals surface area contributed by atoms with Crippen molar-refractivity contribution in [3.63, 3.8) is 0 Å². The fraction of sp³-hybridized carbons (Fsp3) is 0.150. The van der Waals surface area contributed by atoms with Crippen LogP contribution in [0.4, 0.5) is 5.69 Å². The van der Waals surface area contributed by atoms with Crippen molar-refractivity contribution in [3.8, 4) is 11.4 Å². The van der Waals surface area contributed by atoms with E-state index >= 15 is 0 Å². The highest BCUT2D eigenvalue weighted by atomic mass is 35.5. The lowest BCUT2D eigenvalue weighted by molar-refractivity contribution is -0.116. The first-order valence-electron chi connectivity index (χ1n) is 8.41. The number of carbonyl (C=O) groups is 1. The minimum absolute atomic E-state index is 0.282. The number of aryl methyl sites for hydroxylation is 1. The van der Waals surface area contributed by atoms with Gasteiger partial charge in [-0.25, -0.2) is 0 Å². The molecule has 3 aromatic rings. The number of methoxy groups -OCH3 is 1. The lowest BCUT2D eigenvalue weighted by atomic mass is 10.2. The predicted octanol–water partition coefficient (Wildman–Crippen LogP) is 2.61. The standard InChI is InChI=1S/C20H18ClN3O4/c1-13-3-6-15(7-4-13)22-18(25)12-23-9-10-24(20(27)19(23)26)16-11-14(21)5-8-17(16)28-2/h3-11H,12H2,1-2H3,(H,22,25). The van der Waals surface area contributed by atoms with Gasteiger partial charge in [-0.3, -0.25) is 23.5 Å². The average molecular weight is 400 g/mol. The van der Waals surface area contributed by atoms with Crippen LogP contribution in [-0.4, -0.2) is 22.2 Å². The summed E-state index contributed by atoms with van der Waals surface area (Å²) in [5.41, 5.74) is 0.373. The molecule has 0 saturated heterocycles. The van der Waals surface area contributed by atoms with E-state index < -0.39 is 17.0 Å². The largest absolute Gasteiger partial charge is 0.495 e. The van der Waals surface area contributed by atoms with E-state index in [4.69, 9.17) is 16.3 Å². The second-order valence-electron chi connectivity index (χ2n) is 6.14. The molecule has 0 atom stereocenters. The molecule has 0 spiro atoms. The fourth-order valence-corrected chi connectivity index (χ4v) is 2.83. The molecule has 0 fully saturated rings. The van der Waals surface area contributed by atoms with Gasteiger partial charge in [0.2, 0.25) is 5.91 Å². The summed E-state index contributed by atoms with van der Waals surface area (Å²) in [7, 11) is 1.45. The number of nitrogens with zero attached hydrogens (tertiary/aromatic N) is 2. The van der Waals surface area contributed by atoms with Crippen LogP contribution in [0.5, 0.6) is 5.75 Å². The molecule has 28 heavy (non-hydrogen) atoms. The third-order valence-electron chi connectivity index (χ3n) is 4.11. The van der Waals surface area contributed by atoms with Crippen LogP contribution >= 0.6 is 11.6 Å². The smallest absolute Gasteiger partial charge is 0.321 e. The predicted molar refractivity (Wildman–Crippen MR) is 108 cm³/mol. The van der Waals surface area contributed by atoms with Crippen molar-refractivity contribution in [2.24, 2.45) is 0 Å². The van der Waals surface area contributed by atoms with Crippen LogP contribution in [-0.2, 0) is 11.3 Å². The molecule has 1 heterocycles. The zero-order valence-electron chi connectivity index (χ0n) is 15.3. The van der Waals surface area contributed by atoms with Gasteiger partial charge in [-0.05, 0) is 37.3 Å². The molecule has 1 amide bonds. The molecule has 0 saturated carbocycles. The van der Waals surface area contributed by atoms with Crippen molar-refractivity contribution < 1.29 is 9.53 Å². The highest BCUT2D eigenvalue weighted by Crippen LogP contribution is 2.24. The summed E-state index contributed by atoms with van der Waals surface area (Å²) in [5, 5.41) is 3.08. The summed E-state index contributed by atoms with van der Waals surface area (Å²) in [6.45, 7) is 1.66. The van der Waals surface area contributed by atoms with Crippen molar-refractivity contribution in [3.05, 3.63) is 86.2 Å². The number of hydrogen-bond donors (Lipinski definition) is 1. The van der Waals surface area contributed by atoms with Crippen LogP contribution in [0, 0.1) is 6.92 Å². The molecule has 1 N–H and O–H groups in total. The van der Waals surface area contributed by atoms with E-state index in [0.29, 0.717) is 22.1 Å². The molecule has 0 radical (unpaired) electrons. The maximum Gasteiger partial charge on any atom is 0.321 e. The molecule has 0 aliphatic carbocycles. The van der Waals surface area contributed by atoms with Crippen LogP contribution < -0.4 is 21.2 Å². The minimum Gasteiger partial charge on any atom is -0.495 e. The normalized spacial score (nSPS) is 10.5. The van der Waals surface area contributed by atoms with E-state index in [1.54, 1.807) is 24.3 Å². The first kappa shape index (κ1) is 19.4. The topological polar surface area (TPSA) is 82.3 Å². The van der Waals surface area contributed by atoms with Crippen LogP contribution in [0.2, 0.25) is 5.02 Å². The van der Waals surface area contributed by atoms with Gasteiger partial charge in [-0.1, -0.05) is 29.3 Å². The Morgan fingerprint density at radius 1 is 1.07 bits per heavy atom. The number of aromatic nitrogens is 2. The molecule has 1 aromatic heterocycles. The molecule has 144 valence electrons. The first-order valence-corrected chi connectivity index (χ1v) is 8.79. The quantitative estimate of drug-likeness (QED) is 0.668. The van der Waals surface area contributed by atoms with Gasteiger partial charge in [0.15, 0.2) is 0 Å². The molecule has 8 heteroatoms. The van der Waals surface area contributed by atoms with Crippen molar-refractivity contribution in [2.75, 3.05) is 12.4 Å². The lowest BCUT2D eigenvalue weighted by Crippen LogP contribution is -2.41. The van der Waals surface area contributed by atoms with Crippen LogP contribution in [0.3, 0.4) is 0 Å². The van der Waals surface area contributed by atoms with Gasteiger partial charge in [-0.2, -0.15) is 0 Å². The summed E-state index contributed by atoms with van der Waals surface area (Å²) >= 11 is 6.00. The van der Waals surface area contributed by atoms with E-state index in [1.165, 1.54) is 25.6 Å². The number of rotatable bonds is 5. The van der Waals surface area contributed by atoms with Crippen molar-refractivity contribution in [1.82, 2.24) is 9.13 Å². The van der Waals surface area contributed by atoms with Crippen LogP contribution in [0.25, 0.3) is 5.69 Å². The summed E-state index contributed by atoms with van der Waals surface area (Å²) in [6, 6.07) is 12.0. The summed E-state index contributed by atoms with van der Waals surface area (Å²) in [6.07, 6.45) is 2.77. The number of ether oxygens (including phenoxy) is 1. The van der Waals surface area contributed by atoms with Gasteiger partial charge in [0.25, 0.3) is 0 Å². The van der Waals surface area contributed by atoms with Crippen molar-refractivity contribution in [1.29, 1.82) is 0 Å². The van der Waals surface area contributed by atoms with Crippen molar-refractivity contribution in [2.45, 2.75) is 13.5 Å². The van der Waals surface area contributed by atoms with Gasteiger partial charge in [0.1, 0.15) is 12.3 Å². The summed E-state index contributed by atoms with van der Waals surface area (Å²) < 4.78 is 7.42. The fourth-order valence-electron chi connectivity index (χ4n) is 2.67. The zero-order chi connectivity index (χ0) is 20.3. The molecular weight excluding hydrogens is 382 g/mol. The second-order valence-corrected chi connectivity index (χ2v) is 6.57. The maximum atomic E-state index is 12.5. The molecule has 2 aromatic carbocycles. The second kappa shape index (κ2) is 8.14. The monoisotopic (exact) mass is 399 g/mol. The molecule has 3 rings (SSSR count). The van der Waals surface area contributed by atoms with E-state index in [0.717, 1.165) is 14.7 Å². The van der Waals surface area contributed by atoms with E-state index in [-0.39, 0.29) is 6.54 Å². The molecule has 0 aliphatic rings. The number of carbonyl (C=O) groups excluding carboxylic acids is 1. The molecular formula is C20H18ClN3O4. The Bertz CT molecular complexity index is 1130. The Hall–Kier alpha value is -3.32. The number of hydrogen-bond acceptors (Lipinski definition) is 4. The van der Waals surface area contributed by atoms with Crippen molar-refractivity contribution >= 4 is 23.2 Å². The van der Waals surface area contributed by atoms with Gasteiger partial charge in [-0.15, -0.1) is 0 Å². The number of anilines is 1. The number of amides is 1. The third kappa shape index (κ3) is 4.15. The maximum absolute atomic E-state index is 12.5. The third-order valence-corrected chi connectivity index (χ3v) is 4.34. The minimum atomic E-state index is -0.830. The number of nitrogens with one attached hydrogen (secondary N) is 1. The van der Waals surface area contributed by atoms with Gasteiger partial charge >= 0.3 is 11.1 Å². The van der Waals surface area contributed by atoms with Crippen LogP contribution in [0.1, 0.15) is 5.56 Å². The SMILES string of the molecule is COc1ccc(Cl)cc1-n1ccn(CC(=O)Nc2ccc(C)cc2)c(=O)c1=O. The number of halogens is 1. The Balaban J connectivity index is 1.87. The molecule has 7 nitrogen and oxygen atoms in total. The Morgan fingerprint density at radius 3 is 2.46 bits per heavy atom. The van der Waals surface area contributed by atoms with Gasteiger partial charge < -0.3 is 10.1 Å². The Morgan fingerprint density at radius 2 is 1.79 bits per heavy atom. The summed E-state index contributed by atoms with van der Waals surface area (Å²) in [4.78, 5) is 37.2. The van der Waals surface area contributed by atoms with Gasteiger partial charge in [0, 0.05) is 23.1 Å². The van der Waals surface area contributed by atoms with E-state index in [9.17, 15) is 14.4 Å². The molecule has 0 bridgehead atoms. The molecule has 0 unspecified atom stereocenters. The zero-order valence-corrected chi connectivity index (χ0v) is 16.1. The Kier molecular flexibility index (Phi) is 5.65. The Labute approximate surface area is 165 Å². The molecule has 0 aliphatic heterocycles.